The zero-order valence-corrected chi connectivity index (χ0v) is 11.5. The zero-order valence-electron chi connectivity index (χ0n) is 10.7. The summed E-state index contributed by atoms with van der Waals surface area (Å²) in [6, 6.07) is 2.46. The van der Waals surface area contributed by atoms with E-state index in [9.17, 15) is 5.11 Å². The standard InChI is InChI=1S/C13H23NOS/c1-5-7-13(4,9-15)14-11(3)12-10(2)6-8-16-12/h6,8,11,14-15H,5,7,9H2,1-4H3. The number of aryl methyl sites for hydroxylation is 1. The molecule has 0 fully saturated rings. The molecule has 0 spiro atoms. The summed E-state index contributed by atoms with van der Waals surface area (Å²) in [5.41, 5.74) is 1.17. The van der Waals surface area contributed by atoms with Crippen LogP contribution in [0, 0.1) is 6.92 Å². The molecule has 16 heavy (non-hydrogen) atoms. The van der Waals surface area contributed by atoms with E-state index >= 15 is 0 Å². The molecule has 2 atom stereocenters. The SMILES string of the molecule is CCCC(C)(CO)NC(C)c1sccc1C. The Hall–Kier alpha value is -0.380. The second-order valence-corrected chi connectivity index (χ2v) is 5.75. The van der Waals surface area contributed by atoms with Crippen LogP contribution in [-0.4, -0.2) is 17.3 Å². The van der Waals surface area contributed by atoms with Crippen LogP contribution in [0.5, 0.6) is 0 Å². The number of hydrogen-bond acceptors (Lipinski definition) is 3. The number of aliphatic hydroxyl groups is 1. The summed E-state index contributed by atoms with van der Waals surface area (Å²) in [6.45, 7) is 8.74. The van der Waals surface area contributed by atoms with Gasteiger partial charge in [-0.15, -0.1) is 11.3 Å². The minimum absolute atomic E-state index is 0.162. The first-order valence-corrected chi connectivity index (χ1v) is 6.83. The van der Waals surface area contributed by atoms with E-state index in [4.69, 9.17) is 0 Å². The molecule has 2 N–H and O–H groups in total. The summed E-state index contributed by atoms with van der Waals surface area (Å²) in [5.74, 6) is 0. The average molecular weight is 241 g/mol. The lowest BCUT2D eigenvalue weighted by atomic mass is 9.95. The van der Waals surface area contributed by atoms with Crippen molar-refractivity contribution in [3.63, 3.8) is 0 Å². The molecule has 0 aliphatic heterocycles. The highest BCUT2D eigenvalue weighted by Crippen LogP contribution is 2.26. The highest BCUT2D eigenvalue weighted by molar-refractivity contribution is 7.10. The molecular formula is C13H23NOS. The number of rotatable bonds is 6. The molecule has 1 aromatic heterocycles. The highest BCUT2D eigenvalue weighted by atomic mass is 32.1. The lowest BCUT2D eigenvalue weighted by molar-refractivity contribution is 0.154. The third-order valence-corrected chi connectivity index (χ3v) is 4.21. The van der Waals surface area contributed by atoms with Gasteiger partial charge in [0.05, 0.1) is 6.61 Å². The van der Waals surface area contributed by atoms with Crippen molar-refractivity contribution in [1.29, 1.82) is 0 Å². The molecule has 0 saturated heterocycles. The zero-order chi connectivity index (χ0) is 12.2. The van der Waals surface area contributed by atoms with Gasteiger partial charge in [0.15, 0.2) is 0 Å². The number of hydrogen-bond donors (Lipinski definition) is 2. The third kappa shape index (κ3) is 3.30. The van der Waals surface area contributed by atoms with Gasteiger partial charge in [-0.25, -0.2) is 0 Å². The van der Waals surface area contributed by atoms with Crippen molar-refractivity contribution < 1.29 is 5.11 Å². The van der Waals surface area contributed by atoms with E-state index in [2.05, 4.69) is 44.5 Å². The molecule has 0 bridgehead atoms. The van der Waals surface area contributed by atoms with Gasteiger partial charge in [-0.3, -0.25) is 0 Å². The fourth-order valence-electron chi connectivity index (χ4n) is 2.16. The van der Waals surface area contributed by atoms with Crippen molar-refractivity contribution >= 4 is 11.3 Å². The van der Waals surface area contributed by atoms with E-state index in [1.54, 1.807) is 11.3 Å². The number of thiophene rings is 1. The van der Waals surface area contributed by atoms with Crippen LogP contribution in [0.4, 0.5) is 0 Å². The van der Waals surface area contributed by atoms with Gasteiger partial charge in [0, 0.05) is 16.5 Å². The first-order chi connectivity index (χ1) is 7.52. The molecule has 0 aliphatic carbocycles. The Labute approximate surface area is 103 Å². The molecular weight excluding hydrogens is 218 g/mol. The molecule has 1 heterocycles. The quantitative estimate of drug-likeness (QED) is 0.801. The first kappa shape index (κ1) is 13.7. The van der Waals surface area contributed by atoms with Crippen LogP contribution in [-0.2, 0) is 0 Å². The van der Waals surface area contributed by atoms with Crippen molar-refractivity contribution in [2.75, 3.05) is 6.61 Å². The molecule has 1 rings (SSSR count). The van der Waals surface area contributed by atoms with Gasteiger partial charge in [-0.2, -0.15) is 0 Å². The van der Waals surface area contributed by atoms with Gasteiger partial charge in [-0.05, 0) is 44.2 Å². The van der Waals surface area contributed by atoms with Crippen LogP contribution in [0.2, 0.25) is 0 Å². The average Bonchev–Trinajstić information content (AvgIpc) is 2.65. The summed E-state index contributed by atoms with van der Waals surface area (Å²) >= 11 is 1.78. The van der Waals surface area contributed by atoms with Gasteiger partial charge in [0.2, 0.25) is 0 Å². The minimum atomic E-state index is -0.162. The maximum absolute atomic E-state index is 9.47. The monoisotopic (exact) mass is 241 g/mol. The predicted molar refractivity (Wildman–Crippen MR) is 71.0 cm³/mol. The third-order valence-electron chi connectivity index (χ3n) is 3.01. The van der Waals surface area contributed by atoms with Gasteiger partial charge in [0.25, 0.3) is 0 Å². The molecule has 1 aromatic rings. The molecule has 92 valence electrons. The van der Waals surface area contributed by atoms with Crippen LogP contribution in [0.15, 0.2) is 11.4 Å². The summed E-state index contributed by atoms with van der Waals surface area (Å²) in [6.07, 6.45) is 2.08. The molecule has 0 radical (unpaired) electrons. The number of aliphatic hydroxyl groups excluding tert-OH is 1. The van der Waals surface area contributed by atoms with Gasteiger partial charge >= 0.3 is 0 Å². The van der Waals surface area contributed by atoms with Crippen molar-refractivity contribution in [1.82, 2.24) is 5.32 Å². The molecule has 0 aliphatic rings. The van der Waals surface area contributed by atoms with E-state index < -0.39 is 0 Å². The Morgan fingerprint density at radius 1 is 1.56 bits per heavy atom. The van der Waals surface area contributed by atoms with Gasteiger partial charge in [-0.1, -0.05) is 13.3 Å². The highest BCUT2D eigenvalue weighted by Gasteiger charge is 2.25. The van der Waals surface area contributed by atoms with E-state index in [0.717, 1.165) is 12.8 Å². The molecule has 0 amide bonds. The van der Waals surface area contributed by atoms with Crippen LogP contribution < -0.4 is 5.32 Å². The van der Waals surface area contributed by atoms with Crippen LogP contribution in [0.25, 0.3) is 0 Å². The summed E-state index contributed by atoms with van der Waals surface area (Å²) < 4.78 is 0. The molecule has 0 saturated carbocycles. The van der Waals surface area contributed by atoms with Gasteiger partial charge < -0.3 is 10.4 Å². The number of nitrogens with one attached hydrogen (secondary N) is 1. The van der Waals surface area contributed by atoms with Crippen molar-refractivity contribution in [2.45, 2.75) is 52.1 Å². The smallest absolute Gasteiger partial charge is 0.0610 e. The molecule has 0 aromatic carbocycles. The van der Waals surface area contributed by atoms with Crippen molar-refractivity contribution in [3.8, 4) is 0 Å². The fraction of sp³-hybridized carbons (Fsp3) is 0.692. The van der Waals surface area contributed by atoms with E-state index in [1.807, 2.05) is 0 Å². The Balaban J connectivity index is 2.69. The Morgan fingerprint density at radius 2 is 2.25 bits per heavy atom. The Kier molecular flexibility index (Phi) is 4.96. The Bertz CT molecular complexity index is 323. The van der Waals surface area contributed by atoms with E-state index in [-0.39, 0.29) is 12.1 Å². The molecule has 2 nitrogen and oxygen atoms in total. The minimum Gasteiger partial charge on any atom is -0.394 e. The van der Waals surface area contributed by atoms with Crippen LogP contribution in [0.3, 0.4) is 0 Å². The predicted octanol–water partition coefficient (Wildman–Crippen LogP) is 3.26. The maximum atomic E-state index is 9.47. The topological polar surface area (TPSA) is 32.3 Å². The van der Waals surface area contributed by atoms with Crippen LogP contribution >= 0.6 is 11.3 Å². The normalized spacial score (nSPS) is 17.1. The summed E-state index contributed by atoms with van der Waals surface area (Å²) in [7, 11) is 0. The summed E-state index contributed by atoms with van der Waals surface area (Å²) in [5, 5.41) is 15.1. The first-order valence-electron chi connectivity index (χ1n) is 5.95. The maximum Gasteiger partial charge on any atom is 0.0610 e. The summed E-state index contributed by atoms with van der Waals surface area (Å²) in [4.78, 5) is 1.37. The van der Waals surface area contributed by atoms with Gasteiger partial charge in [0.1, 0.15) is 0 Å². The fourth-order valence-corrected chi connectivity index (χ4v) is 3.10. The van der Waals surface area contributed by atoms with Crippen LogP contribution in [0.1, 0.15) is 50.1 Å². The second-order valence-electron chi connectivity index (χ2n) is 4.80. The van der Waals surface area contributed by atoms with Crippen molar-refractivity contribution in [3.05, 3.63) is 21.9 Å². The molecule has 3 heteroatoms. The lowest BCUT2D eigenvalue weighted by Gasteiger charge is -2.32. The van der Waals surface area contributed by atoms with E-state index in [1.165, 1.54) is 10.4 Å². The largest absolute Gasteiger partial charge is 0.394 e. The van der Waals surface area contributed by atoms with Crippen molar-refractivity contribution in [2.24, 2.45) is 0 Å². The Morgan fingerprint density at radius 3 is 2.69 bits per heavy atom. The second kappa shape index (κ2) is 5.80. The molecule has 2 unspecified atom stereocenters. The lowest BCUT2D eigenvalue weighted by Crippen LogP contribution is -2.46. The van der Waals surface area contributed by atoms with E-state index in [0.29, 0.717) is 6.04 Å².